The van der Waals surface area contributed by atoms with Crippen molar-refractivity contribution < 1.29 is 14.3 Å². The first-order valence-electron chi connectivity index (χ1n) is 5.47. The second-order valence-corrected chi connectivity index (χ2v) is 4.13. The molecule has 0 bridgehead atoms. The van der Waals surface area contributed by atoms with Gasteiger partial charge in [0.05, 0.1) is 6.61 Å². The van der Waals surface area contributed by atoms with Crippen molar-refractivity contribution >= 4 is 17.5 Å². The van der Waals surface area contributed by atoms with Crippen LogP contribution in [0.15, 0.2) is 30.3 Å². The SMILES string of the molecule is CCOC(=O)c1snnc1COc1ccccc1. The van der Waals surface area contributed by atoms with Crippen molar-refractivity contribution in [2.75, 3.05) is 6.61 Å². The van der Waals surface area contributed by atoms with E-state index >= 15 is 0 Å². The molecule has 0 aliphatic carbocycles. The Bertz CT molecular complexity index is 513. The highest BCUT2D eigenvalue weighted by Crippen LogP contribution is 2.16. The molecule has 0 fully saturated rings. The van der Waals surface area contributed by atoms with Crippen molar-refractivity contribution in [3.05, 3.63) is 40.9 Å². The van der Waals surface area contributed by atoms with Crippen LogP contribution in [0.1, 0.15) is 22.3 Å². The number of esters is 1. The summed E-state index contributed by atoms with van der Waals surface area (Å²) >= 11 is 1.02. The second kappa shape index (κ2) is 6.11. The van der Waals surface area contributed by atoms with Crippen molar-refractivity contribution in [3.63, 3.8) is 0 Å². The number of hydrogen-bond donors (Lipinski definition) is 0. The first-order valence-corrected chi connectivity index (χ1v) is 6.24. The summed E-state index contributed by atoms with van der Waals surface area (Å²) in [5, 5.41) is 3.88. The van der Waals surface area contributed by atoms with Crippen LogP contribution in [0.2, 0.25) is 0 Å². The van der Waals surface area contributed by atoms with E-state index in [2.05, 4.69) is 9.59 Å². The number of para-hydroxylation sites is 1. The Kier molecular flexibility index (Phi) is 4.25. The molecule has 1 aromatic heterocycles. The van der Waals surface area contributed by atoms with Gasteiger partial charge in [0.2, 0.25) is 0 Å². The van der Waals surface area contributed by atoms with Gasteiger partial charge in [0, 0.05) is 0 Å². The Morgan fingerprint density at radius 1 is 1.33 bits per heavy atom. The van der Waals surface area contributed by atoms with E-state index in [0.29, 0.717) is 17.2 Å². The molecule has 0 N–H and O–H groups in total. The van der Waals surface area contributed by atoms with E-state index in [9.17, 15) is 4.79 Å². The minimum Gasteiger partial charge on any atom is -0.487 e. The number of rotatable bonds is 5. The Morgan fingerprint density at radius 2 is 2.11 bits per heavy atom. The summed E-state index contributed by atoms with van der Waals surface area (Å²) in [5.41, 5.74) is 0.502. The molecule has 0 amide bonds. The van der Waals surface area contributed by atoms with Gasteiger partial charge in [0.15, 0.2) is 4.88 Å². The highest BCUT2D eigenvalue weighted by atomic mass is 32.1. The molecule has 1 heterocycles. The van der Waals surface area contributed by atoms with E-state index in [-0.39, 0.29) is 6.61 Å². The number of ether oxygens (including phenoxy) is 2. The molecule has 94 valence electrons. The third kappa shape index (κ3) is 3.04. The lowest BCUT2D eigenvalue weighted by atomic mass is 10.3. The number of hydrogen-bond acceptors (Lipinski definition) is 6. The predicted octanol–water partition coefficient (Wildman–Crippen LogP) is 2.29. The monoisotopic (exact) mass is 264 g/mol. The molecule has 2 aromatic rings. The molecule has 18 heavy (non-hydrogen) atoms. The summed E-state index contributed by atoms with van der Waals surface area (Å²) in [6.45, 7) is 2.29. The predicted molar refractivity (Wildman–Crippen MR) is 66.6 cm³/mol. The maximum absolute atomic E-state index is 11.6. The van der Waals surface area contributed by atoms with Gasteiger partial charge in [-0.3, -0.25) is 0 Å². The van der Waals surface area contributed by atoms with Gasteiger partial charge in [-0.25, -0.2) is 4.79 Å². The van der Waals surface area contributed by atoms with E-state index in [1.165, 1.54) is 0 Å². The van der Waals surface area contributed by atoms with E-state index in [0.717, 1.165) is 17.3 Å². The Morgan fingerprint density at radius 3 is 2.83 bits per heavy atom. The fraction of sp³-hybridized carbons (Fsp3) is 0.250. The first-order chi connectivity index (χ1) is 8.81. The topological polar surface area (TPSA) is 61.3 Å². The molecule has 2 rings (SSSR count). The molecule has 0 atom stereocenters. The van der Waals surface area contributed by atoms with Gasteiger partial charge in [-0.1, -0.05) is 22.7 Å². The maximum Gasteiger partial charge on any atom is 0.352 e. The summed E-state index contributed by atoms with van der Waals surface area (Å²) in [6, 6.07) is 9.33. The molecule has 0 spiro atoms. The van der Waals surface area contributed by atoms with Crippen LogP contribution in [-0.2, 0) is 11.3 Å². The average Bonchev–Trinajstić information content (AvgIpc) is 2.86. The van der Waals surface area contributed by atoms with Crippen molar-refractivity contribution in [1.82, 2.24) is 9.59 Å². The zero-order chi connectivity index (χ0) is 12.8. The van der Waals surface area contributed by atoms with Crippen molar-refractivity contribution in [2.24, 2.45) is 0 Å². The Balaban J connectivity index is 2.02. The third-order valence-corrected chi connectivity index (χ3v) is 2.88. The van der Waals surface area contributed by atoms with Crippen LogP contribution in [0.25, 0.3) is 0 Å². The van der Waals surface area contributed by atoms with Gasteiger partial charge in [-0.05, 0) is 30.6 Å². The maximum atomic E-state index is 11.6. The highest BCUT2D eigenvalue weighted by molar-refractivity contribution is 7.07. The average molecular weight is 264 g/mol. The van der Waals surface area contributed by atoms with E-state index < -0.39 is 5.97 Å². The standard InChI is InChI=1S/C12H12N2O3S/c1-2-16-12(15)11-10(13-14-18-11)8-17-9-6-4-3-5-7-9/h3-7H,2,8H2,1H3. The zero-order valence-electron chi connectivity index (χ0n) is 9.83. The molecule has 0 unspecified atom stereocenters. The van der Waals surface area contributed by atoms with Crippen molar-refractivity contribution in [2.45, 2.75) is 13.5 Å². The lowest BCUT2D eigenvalue weighted by molar-refractivity contribution is 0.0529. The summed E-state index contributed by atoms with van der Waals surface area (Å²) in [4.78, 5) is 12.0. The molecular formula is C12H12N2O3S. The first kappa shape index (κ1) is 12.5. The molecular weight excluding hydrogens is 252 g/mol. The van der Waals surface area contributed by atoms with Gasteiger partial charge in [-0.2, -0.15) is 0 Å². The van der Waals surface area contributed by atoms with Crippen LogP contribution in [0, 0.1) is 0 Å². The number of aromatic nitrogens is 2. The lowest BCUT2D eigenvalue weighted by Gasteiger charge is -2.04. The smallest absolute Gasteiger partial charge is 0.352 e. The van der Waals surface area contributed by atoms with E-state index in [1.807, 2.05) is 30.3 Å². The van der Waals surface area contributed by atoms with Gasteiger partial charge < -0.3 is 9.47 Å². The van der Waals surface area contributed by atoms with Crippen LogP contribution < -0.4 is 4.74 Å². The molecule has 0 saturated carbocycles. The highest BCUT2D eigenvalue weighted by Gasteiger charge is 2.17. The number of carbonyl (C=O) groups is 1. The molecule has 5 nitrogen and oxygen atoms in total. The van der Waals surface area contributed by atoms with Crippen LogP contribution in [0.3, 0.4) is 0 Å². The molecule has 0 aliphatic rings. The number of carbonyl (C=O) groups excluding carboxylic acids is 1. The molecule has 0 aliphatic heterocycles. The van der Waals surface area contributed by atoms with E-state index in [4.69, 9.17) is 9.47 Å². The van der Waals surface area contributed by atoms with Crippen LogP contribution in [-0.4, -0.2) is 22.2 Å². The van der Waals surface area contributed by atoms with Crippen molar-refractivity contribution in [1.29, 1.82) is 0 Å². The minimum absolute atomic E-state index is 0.203. The molecule has 0 saturated heterocycles. The normalized spacial score (nSPS) is 10.1. The summed E-state index contributed by atoms with van der Waals surface area (Å²) < 4.78 is 14.2. The Hall–Kier alpha value is -1.95. The van der Waals surface area contributed by atoms with Gasteiger partial charge in [0.25, 0.3) is 0 Å². The quantitative estimate of drug-likeness (QED) is 0.775. The fourth-order valence-electron chi connectivity index (χ4n) is 1.32. The van der Waals surface area contributed by atoms with Crippen LogP contribution >= 0.6 is 11.5 Å². The minimum atomic E-state index is -0.404. The lowest BCUT2D eigenvalue weighted by Crippen LogP contribution is -2.07. The molecule has 6 heteroatoms. The van der Waals surface area contributed by atoms with Gasteiger partial charge in [-0.15, -0.1) is 5.10 Å². The van der Waals surface area contributed by atoms with Gasteiger partial charge in [0.1, 0.15) is 18.1 Å². The summed E-state index contributed by atoms with van der Waals surface area (Å²) in [5.74, 6) is 0.319. The largest absolute Gasteiger partial charge is 0.487 e. The van der Waals surface area contributed by atoms with Crippen LogP contribution in [0.5, 0.6) is 5.75 Å². The molecule has 0 radical (unpaired) electrons. The van der Waals surface area contributed by atoms with Crippen molar-refractivity contribution in [3.8, 4) is 5.75 Å². The number of nitrogens with zero attached hydrogens (tertiary/aromatic N) is 2. The summed E-state index contributed by atoms with van der Waals surface area (Å²) in [6.07, 6.45) is 0. The third-order valence-electron chi connectivity index (χ3n) is 2.14. The summed E-state index contributed by atoms with van der Waals surface area (Å²) in [7, 11) is 0. The fourth-order valence-corrected chi connectivity index (χ4v) is 1.88. The second-order valence-electron chi connectivity index (χ2n) is 3.37. The Labute approximate surface area is 109 Å². The zero-order valence-corrected chi connectivity index (χ0v) is 10.6. The number of benzene rings is 1. The van der Waals surface area contributed by atoms with Gasteiger partial charge >= 0.3 is 5.97 Å². The van der Waals surface area contributed by atoms with E-state index in [1.54, 1.807) is 6.92 Å². The van der Waals surface area contributed by atoms with Crippen LogP contribution in [0.4, 0.5) is 0 Å². The molecule has 1 aromatic carbocycles.